The zero-order valence-electron chi connectivity index (χ0n) is 19.9. The summed E-state index contributed by atoms with van der Waals surface area (Å²) >= 11 is 0. The van der Waals surface area contributed by atoms with Crippen molar-refractivity contribution in [3.05, 3.63) is 78.1 Å². The van der Waals surface area contributed by atoms with Crippen LogP contribution in [0.25, 0.3) is 0 Å². The van der Waals surface area contributed by atoms with Crippen LogP contribution in [0.3, 0.4) is 0 Å². The Kier molecular flexibility index (Phi) is 8.62. The summed E-state index contributed by atoms with van der Waals surface area (Å²) in [5.74, 6) is 2.29. The van der Waals surface area contributed by atoms with Crippen molar-refractivity contribution in [2.45, 2.75) is 33.1 Å². The number of ether oxygens (including phenoxy) is 2. The predicted octanol–water partition coefficient (Wildman–Crippen LogP) is 4.99. The molecule has 0 saturated carbocycles. The Labute approximate surface area is 200 Å². The first-order valence-electron chi connectivity index (χ1n) is 11.3. The number of carbonyl (C=O) groups excluding carboxylic acids is 2. The monoisotopic (exact) mass is 461 g/mol. The number of benzene rings is 2. The normalized spacial score (nSPS) is 12.7. The van der Waals surface area contributed by atoms with Crippen LogP contribution in [0, 0.1) is 5.92 Å². The van der Waals surface area contributed by atoms with Crippen LogP contribution in [0.5, 0.6) is 17.2 Å². The van der Waals surface area contributed by atoms with E-state index in [0.29, 0.717) is 30.4 Å². The number of nitrogens with zero attached hydrogens (tertiary/aromatic N) is 2. The number of aryl methyl sites for hydroxylation is 1. The maximum absolute atomic E-state index is 11.8. The standard InChI is InChI=1S/C15H21NO2.C12H10N2O2/c1-11(2)4-5-12-6-7-14-13(10-12)16(3)15(17)8-9-18-14;13-12(15)11-8-10(6-7-14-11)16-9-4-2-1-3-5-9/h6-7,10-11H,4-5,8-9H2,1-3H3;1-8H,(H2,13,15). The number of anilines is 1. The van der Waals surface area contributed by atoms with Crippen molar-refractivity contribution in [2.24, 2.45) is 11.7 Å². The summed E-state index contributed by atoms with van der Waals surface area (Å²) in [4.78, 5) is 28.2. The van der Waals surface area contributed by atoms with Crippen LogP contribution < -0.4 is 20.1 Å². The van der Waals surface area contributed by atoms with E-state index in [4.69, 9.17) is 15.2 Å². The van der Waals surface area contributed by atoms with E-state index in [0.717, 1.165) is 24.3 Å². The molecule has 2 heterocycles. The van der Waals surface area contributed by atoms with E-state index in [9.17, 15) is 9.59 Å². The first-order chi connectivity index (χ1) is 16.3. The highest BCUT2D eigenvalue weighted by Gasteiger charge is 2.20. The summed E-state index contributed by atoms with van der Waals surface area (Å²) in [6, 6.07) is 18.6. The van der Waals surface area contributed by atoms with E-state index in [-0.39, 0.29) is 11.6 Å². The van der Waals surface area contributed by atoms with Crippen molar-refractivity contribution in [3.8, 4) is 17.2 Å². The number of aromatic nitrogens is 1. The van der Waals surface area contributed by atoms with E-state index >= 15 is 0 Å². The number of nitrogens with two attached hydrogens (primary N) is 1. The van der Waals surface area contributed by atoms with Crippen molar-refractivity contribution in [3.63, 3.8) is 0 Å². The van der Waals surface area contributed by atoms with Gasteiger partial charge in [0.15, 0.2) is 0 Å². The lowest BCUT2D eigenvalue weighted by Gasteiger charge is -2.17. The van der Waals surface area contributed by atoms with E-state index in [1.54, 1.807) is 11.0 Å². The van der Waals surface area contributed by atoms with Gasteiger partial charge in [0.1, 0.15) is 22.9 Å². The van der Waals surface area contributed by atoms with Gasteiger partial charge in [-0.2, -0.15) is 0 Å². The third-order valence-corrected chi connectivity index (χ3v) is 5.31. The van der Waals surface area contributed by atoms with Crippen LogP contribution in [0.4, 0.5) is 5.69 Å². The molecule has 1 aliphatic heterocycles. The quantitative estimate of drug-likeness (QED) is 0.558. The number of pyridine rings is 1. The van der Waals surface area contributed by atoms with Crippen molar-refractivity contribution >= 4 is 17.5 Å². The van der Waals surface area contributed by atoms with Gasteiger partial charge in [-0.15, -0.1) is 0 Å². The highest BCUT2D eigenvalue weighted by Crippen LogP contribution is 2.32. The third-order valence-electron chi connectivity index (χ3n) is 5.31. The zero-order chi connectivity index (χ0) is 24.5. The Bertz CT molecular complexity index is 1120. The van der Waals surface area contributed by atoms with E-state index < -0.39 is 5.91 Å². The first kappa shape index (κ1) is 24.8. The number of hydrogen-bond donors (Lipinski definition) is 1. The Hall–Kier alpha value is -3.87. The van der Waals surface area contributed by atoms with Gasteiger partial charge in [-0.1, -0.05) is 38.1 Å². The van der Waals surface area contributed by atoms with Crippen LogP contribution in [0.15, 0.2) is 66.9 Å². The van der Waals surface area contributed by atoms with Crippen molar-refractivity contribution in [2.75, 3.05) is 18.6 Å². The second kappa shape index (κ2) is 11.8. The Balaban J connectivity index is 0.000000192. The highest BCUT2D eigenvalue weighted by atomic mass is 16.5. The van der Waals surface area contributed by atoms with Gasteiger partial charge in [-0.05, 0) is 54.7 Å². The molecule has 34 heavy (non-hydrogen) atoms. The van der Waals surface area contributed by atoms with Crippen molar-refractivity contribution in [1.29, 1.82) is 0 Å². The molecule has 0 unspecified atom stereocenters. The minimum Gasteiger partial charge on any atom is -0.491 e. The average molecular weight is 462 g/mol. The molecule has 2 aromatic carbocycles. The highest BCUT2D eigenvalue weighted by molar-refractivity contribution is 5.95. The molecule has 4 rings (SSSR count). The summed E-state index contributed by atoms with van der Waals surface area (Å²) < 4.78 is 11.1. The van der Waals surface area contributed by atoms with Gasteiger partial charge in [0.2, 0.25) is 5.91 Å². The van der Waals surface area contributed by atoms with Crippen molar-refractivity contribution in [1.82, 2.24) is 4.98 Å². The summed E-state index contributed by atoms with van der Waals surface area (Å²) in [6.07, 6.45) is 4.15. The zero-order valence-corrected chi connectivity index (χ0v) is 19.9. The van der Waals surface area contributed by atoms with Gasteiger partial charge in [0, 0.05) is 19.3 Å². The smallest absolute Gasteiger partial charge is 0.267 e. The molecule has 0 spiro atoms. The number of para-hydroxylation sites is 1. The Morgan fingerprint density at radius 1 is 1.12 bits per heavy atom. The van der Waals surface area contributed by atoms with Crippen LogP contribution in [0.1, 0.15) is 42.7 Å². The number of carbonyl (C=O) groups is 2. The molecule has 2 N–H and O–H groups in total. The molecule has 178 valence electrons. The molecule has 1 aliphatic rings. The van der Waals surface area contributed by atoms with Crippen LogP contribution in [-0.2, 0) is 11.2 Å². The van der Waals surface area contributed by atoms with Gasteiger partial charge < -0.3 is 20.1 Å². The molecule has 7 nitrogen and oxygen atoms in total. The molecular weight excluding hydrogens is 430 g/mol. The third kappa shape index (κ3) is 7.07. The Morgan fingerprint density at radius 3 is 2.59 bits per heavy atom. The van der Waals surface area contributed by atoms with E-state index in [1.807, 2.05) is 43.4 Å². The molecular formula is C27H31N3O4. The lowest BCUT2D eigenvalue weighted by molar-refractivity contribution is -0.118. The number of amides is 2. The SMILES string of the molecule is CC(C)CCc1ccc2c(c1)N(C)C(=O)CCO2.NC(=O)c1cc(Oc2ccccc2)ccn1. The molecule has 3 aromatic rings. The van der Waals surface area contributed by atoms with Gasteiger partial charge >= 0.3 is 0 Å². The number of fused-ring (bicyclic) bond motifs is 1. The van der Waals surface area contributed by atoms with Gasteiger partial charge in [-0.3, -0.25) is 14.6 Å². The molecule has 0 atom stereocenters. The van der Waals surface area contributed by atoms with Crippen LogP contribution in [0.2, 0.25) is 0 Å². The molecule has 0 aliphatic carbocycles. The van der Waals surface area contributed by atoms with E-state index in [2.05, 4.69) is 31.0 Å². The Morgan fingerprint density at radius 2 is 1.88 bits per heavy atom. The molecule has 0 bridgehead atoms. The van der Waals surface area contributed by atoms with Gasteiger partial charge in [-0.25, -0.2) is 0 Å². The summed E-state index contributed by atoms with van der Waals surface area (Å²) in [7, 11) is 1.82. The lowest BCUT2D eigenvalue weighted by Crippen LogP contribution is -2.25. The fourth-order valence-electron chi connectivity index (χ4n) is 3.34. The fraction of sp³-hybridized carbons (Fsp3) is 0.296. The molecule has 0 saturated heterocycles. The molecule has 0 radical (unpaired) electrons. The minimum atomic E-state index is -0.571. The van der Waals surface area contributed by atoms with Gasteiger partial charge in [0.25, 0.3) is 5.91 Å². The van der Waals surface area contributed by atoms with Crippen LogP contribution in [-0.4, -0.2) is 30.5 Å². The lowest BCUT2D eigenvalue weighted by atomic mass is 10.0. The van der Waals surface area contributed by atoms with Crippen LogP contribution >= 0.6 is 0 Å². The first-order valence-corrected chi connectivity index (χ1v) is 11.3. The number of hydrogen-bond acceptors (Lipinski definition) is 5. The molecule has 0 fully saturated rings. The maximum atomic E-state index is 11.8. The number of rotatable bonds is 6. The summed E-state index contributed by atoms with van der Waals surface area (Å²) in [6.45, 7) is 4.92. The summed E-state index contributed by atoms with van der Waals surface area (Å²) in [5, 5.41) is 0. The predicted molar refractivity (Wildman–Crippen MR) is 132 cm³/mol. The average Bonchev–Trinajstić information content (AvgIpc) is 2.97. The second-order valence-corrected chi connectivity index (χ2v) is 8.44. The number of primary amides is 1. The minimum absolute atomic E-state index is 0.120. The summed E-state index contributed by atoms with van der Waals surface area (Å²) in [5.41, 5.74) is 7.48. The van der Waals surface area contributed by atoms with E-state index in [1.165, 1.54) is 17.8 Å². The second-order valence-electron chi connectivity index (χ2n) is 8.44. The largest absolute Gasteiger partial charge is 0.491 e. The van der Waals surface area contributed by atoms with Crippen molar-refractivity contribution < 1.29 is 19.1 Å². The van der Waals surface area contributed by atoms with Gasteiger partial charge in [0.05, 0.1) is 18.7 Å². The maximum Gasteiger partial charge on any atom is 0.267 e. The molecule has 2 amide bonds. The molecule has 7 heteroatoms. The fourth-order valence-corrected chi connectivity index (χ4v) is 3.34. The topological polar surface area (TPSA) is 94.8 Å². The molecule has 1 aromatic heterocycles.